The van der Waals surface area contributed by atoms with Crippen molar-refractivity contribution in [2.75, 3.05) is 24.6 Å². The molecule has 6 heteroatoms. The summed E-state index contributed by atoms with van der Waals surface area (Å²) in [5.74, 6) is 0.531. The van der Waals surface area contributed by atoms with E-state index in [1.807, 2.05) is 0 Å². The summed E-state index contributed by atoms with van der Waals surface area (Å²) in [6.07, 6.45) is 4.19. The summed E-state index contributed by atoms with van der Waals surface area (Å²) >= 11 is 0. The van der Waals surface area contributed by atoms with Crippen molar-refractivity contribution in [2.45, 2.75) is 37.8 Å². The second-order valence-corrected chi connectivity index (χ2v) is 7.93. The number of rotatable bonds is 3. The number of nitrogens with one attached hydrogen (secondary N) is 1. The summed E-state index contributed by atoms with van der Waals surface area (Å²) in [6, 6.07) is -0.193. The molecule has 0 bridgehead atoms. The van der Waals surface area contributed by atoms with Crippen molar-refractivity contribution in [3.05, 3.63) is 0 Å². The van der Waals surface area contributed by atoms with E-state index in [9.17, 15) is 13.2 Å². The minimum atomic E-state index is -2.99. The second kappa shape index (κ2) is 4.49. The van der Waals surface area contributed by atoms with Gasteiger partial charge in [-0.25, -0.2) is 8.42 Å². The van der Waals surface area contributed by atoms with Gasteiger partial charge in [0.25, 0.3) is 0 Å². The Hall–Kier alpha value is -0.620. The van der Waals surface area contributed by atoms with Crippen molar-refractivity contribution in [1.82, 2.24) is 10.2 Å². The number of hydrogen-bond donors (Lipinski definition) is 1. The van der Waals surface area contributed by atoms with Crippen LogP contribution in [0.2, 0.25) is 0 Å². The smallest absolute Gasteiger partial charge is 0.223 e. The van der Waals surface area contributed by atoms with Gasteiger partial charge in [-0.1, -0.05) is 0 Å². The van der Waals surface area contributed by atoms with Crippen LogP contribution in [0.3, 0.4) is 0 Å². The summed E-state index contributed by atoms with van der Waals surface area (Å²) in [7, 11) is -2.99. The Kier molecular flexibility index (Phi) is 3.10. The summed E-state index contributed by atoms with van der Waals surface area (Å²) in [6.45, 7) is 1.94. The lowest BCUT2D eigenvalue weighted by Crippen LogP contribution is -2.50. The number of carbonyl (C=O) groups excluding carboxylic acids is 1. The molecule has 3 fully saturated rings. The molecule has 1 amide bonds. The zero-order chi connectivity index (χ0) is 12.8. The first kappa shape index (κ1) is 12.4. The van der Waals surface area contributed by atoms with E-state index in [4.69, 9.17) is 0 Å². The van der Waals surface area contributed by atoms with E-state index in [1.54, 1.807) is 0 Å². The standard InChI is InChI=1S/C12H20N2O3S/c15-12(9-3-4-9)13-10-7-18(16,17)8-11(10)14-5-1-2-6-14/h9-11H,1-8H2,(H,13,15)/t10-,11-/m1/s1. The first-order chi connectivity index (χ1) is 8.55. The lowest BCUT2D eigenvalue weighted by molar-refractivity contribution is -0.123. The monoisotopic (exact) mass is 272 g/mol. The summed E-state index contributed by atoms with van der Waals surface area (Å²) in [5, 5.41) is 2.96. The van der Waals surface area contributed by atoms with E-state index in [-0.39, 0.29) is 35.4 Å². The van der Waals surface area contributed by atoms with Crippen LogP contribution in [0.4, 0.5) is 0 Å². The fourth-order valence-electron chi connectivity index (χ4n) is 3.05. The average molecular weight is 272 g/mol. The van der Waals surface area contributed by atoms with Crippen LogP contribution >= 0.6 is 0 Å². The molecule has 1 N–H and O–H groups in total. The van der Waals surface area contributed by atoms with Gasteiger partial charge in [0.1, 0.15) is 0 Å². The first-order valence-corrected chi connectivity index (χ1v) is 8.62. The predicted octanol–water partition coefficient (Wildman–Crippen LogP) is -0.226. The molecule has 2 heterocycles. The lowest BCUT2D eigenvalue weighted by Gasteiger charge is -2.28. The molecule has 18 heavy (non-hydrogen) atoms. The van der Waals surface area contributed by atoms with Crippen LogP contribution in [0.5, 0.6) is 0 Å². The SMILES string of the molecule is O=C(N[C@@H]1CS(=O)(=O)C[C@H]1N1CCCC1)C1CC1. The molecule has 3 aliphatic rings. The van der Waals surface area contributed by atoms with Crippen LogP contribution in [0.15, 0.2) is 0 Å². The second-order valence-electron chi connectivity index (χ2n) is 5.78. The van der Waals surface area contributed by atoms with Gasteiger partial charge < -0.3 is 5.32 Å². The highest BCUT2D eigenvalue weighted by Gasteiger charge is 2.43. The zero-order valence-electron chi connectivity index (χ0n) is 10.5. The molecule has 0 spiro atoms. The molecule has 0 aromatic rings. The number of hydrogen-bond acceptors (Lipinski definition) is 4. The van der Waals surface area contributed by atoms with Crippen molar-refractivity contribution in [3.8, 4) is 0 Å². The Bertz CT molecular complexity index is 438. The number of nitrogens with zero attached hydrogens (tertiary/aromatic N) is 1. The molecule has 2 atom stereocenters. The average Bonchev–Trinajstić information content (AvgIpc) is 2.92. The Labute approximate surface area is 108 Å². The Morgan fingerprint density at radius 3 is 2.39 bits per heavy atom. The van der Waals surface area contributed by atoms with Crippen molar-refractivity contribution in [2.24, 2.45) is 5.92 Å². The maximum absolute atomic E-state index is 11.8. The Balaban J connectivity index is 1.70. The van der Waals surface area contributed by atoms with Crippen LogP contribution in [-0.2, 0) is 14.6 Å². The molecule has 0 radical (unpaired) electrons. The van der Waals surface area contributed by atoms with Gasteiger partial charge in [0, 0.05) is 12.0 Å². The van der Waals surface area contributed by atoms with E-state index in [0.29, 0.717) is 0 Å². The van der Waals surface area contributed by atoms with Crippen LogP contribution in [-0.4, -0.2) is 55.9 Å². The van der Waals surface area contributed by atoms with E-state index in [0.717, 1.165) is 38.8 Å². The molecular weight excluding hydrogens is 252 g/mol. The van der Waals surface area contributed by atoms with E-state index in [2.05, 4.69) is 10.2 Å². The van der Waals surface area contributed by atoms with Crippen LogP contribution in [0.1, 0.15) is 25.7 Å². The number of likely N-dealkylation sites (tertiary alicyclic amines) is 1. The number of carbonyl (C=O) groups is 1. The maximum Gasteiger partial charge on any atom is 0.223 e. The minimum absolute atomic E-state index is 0.000185. The summed E-state index contributed by atoms with van der Waals surface area (Å²) < 4.78 is 23.6. The highest BCUT2D eigenvalue weighted by atomic mass is 32.2. The van der Waals surface area contributed by atoms with Gasteiger partial charge in [-0.05, 0) is 38.8 Å². The normalized spacial score (nSPS) is 35.8. The van der Waals surface area contributed by atoms with Crippen LogP contribution < -0.4 is 5.32 Å². The maximum atomic E-state index is 11.8. The molecule has 0 aromatic carbocycles. The van der Waals surface area contributed by atoms with Gasteiger partial charge in [-0.3, -0.25) is 9.69 Å². The minimum Gasteiger partial charge on any atom is -0.350 e. The molecular formula is C12H20N2O3S. The molecule has 102 valence electrons. The molecule has 1 saturated carbocycles. The molecule has 3 rings (SSSR count). The van der Waals surface area contributed by atoms with E-state index < -0.39 is 9.84 Å². The van der Waals surface area contributed by atoms with Crippen LogP contribution in [0, 0.1) is 5.92 Å². The zero-order valence-corrected chi connectivity index (χ0v) is 11.3. The predicted molar refractivity (Wildman–Crippen MR) is 67.9 cm³/mol. The van der Waals surface area contributed by atoms with Gasteiger partial charge in [0.05, 0.1) is 17.5 Å². The van der Waals surface area contributed by atoms with Crippen molar-refractivity contribution in [1.29, 1.82) is 0 Å². The first-order valence-electron chi connectivity index (χ1n) is 6.80. The van der Waals surface area contributed by atoms with Gasteiger partial charge in [0.15, 0.2) is 9.84 Å². The summed E-state index contributed by atoms with van der Waals surface area (Å²) in [4.78, 5) is 14.0. The number of amides is 1. The van der Waals surface area contributed by atoms with Crippen molar-refractivity contribution in [3.63, 3.8) is 0 Å². The molecule has 2 saturated heterocycles. The molecule has 5 nitrogen and oxygen atoms in total. The van der Waals surface area contributed by atoms with Gasteiger partial charge >= 0.3 is 0 Å². The molecule has 2 aliphatic heterocycles. The highest BCUT2D eigenvalue weighted by molar-refractivity contribution is 7.91. The highest BCUT2D eigenvalue weighted by Crippen LogP contribution is 2.30. The van der Waals surface area contributed by atoms with E-state index in [1.165, 1.54) is 0 Å². The van der Waals surface area contributed by atoms with Crippen LogP contribution in [0.25, 0.3) is 0 Å². The third-order valence-corrected chi connectivity index (χ3v) is 5.92. The topological polar surface area (TPSA) is 66.5 Å². The lowest BCUT2D eigenvalue weighted by atomic mass is 10.1. The van der Waals surface area contributed by atoms with Gasteiger partial charge in [0.2, 0.25) is 5.91 Å². The third kappa shape index (κ3) is 2.54. The largest absolute Gasteiger partial charge is 0.350 e. The fourth-order valence-corrected chi connectivity index (χ4v) is 5.00. The van der Waals surface area contributed by atoms with E-state index >= 15 is 0 Å². The van der Waals surface area contributed by atoms with Gasteiger partial charge in [-0.15, -0.1) is 0 Å². The third-order valence-electron chi connectivity index (χ3n) is 4.21. The summed E-state index contributed by atoms with van der Waals surface area (Å²) in [5.41, 5.74) is 0. The molecule has 0 aromatic heterocycles. The molecule has 1 aliphatic carbocycles. The van der Waals surface area contributed by atoms with Crippen molar-refractivity contribution >= 4 is 15.7 Å². The van der Waals surface area contributed by atoms with Gasteiger partial charge in [-0.2, -0.15) is 0 Å². The van der Waals surface area contributed by atoms with Crippen molar-refractivity contribution < 1.29 is 13.2 Å². The Morgan fingerprint density at radius 2 is 1.78 bits per heavy atom. The molecule has 0 unspecified atom stereocenters. The number of sulfone groups is 1. The fraction of sp³-hybridized carbons (Fsp3) is 0.917. The quantitative estimate of drug-likeness (QED) is 0.771. The Morgan fingerprint density at radius 1 is 1.11 bits per heavy atom.